The van der Waals surface area contributed by atoms with Crippen LogP contribution in [-0.2, 0) is 6.42 Å². The number of nitrogens with one attached hydrogen (secondary N) is 1. The van der Waals surface area contributed by atoms with Crippen LogP contribution in [0.1, 0.15) is 23.2 Å². The van der Waals surface area contributed by atoms with Crippen molar-refractivity contribution in [1.29, 1.82) is 0 Å². The average Bonchev–Trinajstić information content (AvgIpc) is 3.02. The van der Waals surface area contributed by atoms with Crippen LogP contribution in [0.15, 0.2) is 6.07 Å². The minimum atomic E-state index is 0.366. The van der Waals surface area contributed by atoms with Gasteiger partial charge < -0.3 is 0 Å². The highest BCUT2D eigenvalue weighted by Crippen LogP contribution is 2.31. The Labute approximate surface area is 130 Å². The number of halogens is 1. The van der Waals surface area contributed by atoms with Gasteiger partial charge in [0.15, 0.2) is 5.82 Å². The predicted molar refractivity (Wildman–Crippen MR) is 86.2 cm³/mol. The van der Waals surface area contributed by atoms with Gasteiger partial charge in [-0.1, -0.05) is 18.5 Å². The van der Waals surface area contributed by atoms with Gasteiger partial charge in [0.25, 0.3) is 0 Å². The first-order valence-electron chi connectivity index (χ1n) is 6.54. The number of rotatable bonds is 3. The summed E-state index contributed by atoms with van der Waals surface area (Å²) in [5, 5.41) is 6.08. The monoisotopic (exact) mass is 322 g/mol. The minimum absolute atomic E-state index is 0.366. The summed E-state index contributed by atoms with van der Waals surface area (Å²) in [6.45, 7) is 5.90. The van der Waals surface area contributed by atoms with Crippen molar-refractivity contribution >= 4 is 39.1 Å². The summed E-state index contributed by atoms with van der Waals surface area (Å²) >= 11 is 7.87. The highest BCUT2D eigenvalue weighted by Gasteiger charge is 2.17. The van der Waals surface area contributed by atoms with Gasteiger partial charge in [-0.3, -0.25) is 5.43 Å². The maximum absolute atomic E-state index is 6.24. The zero-order chi connectivity index (χ0) is 15.1. The largest absolute Gasteiger partial charge is 0.292 e. The molecule has 3 aromatic rings. The second kappa shape index (κ2) is 5.25. The SMILES string of the molecule is CCc1cc2c(-n3nc(C)c(Cl)c3C)nc(NN)nc2s1. The number of nitrogens with two attached hydrogens (primary N) is 1. The van der Waals surface area contributed by atoms with E-state index < -0.39 is 0 Å². The fraction of sp³-hybridized carbons (Fsp3) is 0.308. The molecule has 110 valence electrons. The first-order valence-corrected chi connectivity index (χ1v) is 7.73. The van der Waals surface area contributed by atoms with Gasteiger partial charge in [-0.05, 0) is 26.3 Å². The molecule has 3 aromatic heterocycles. The third kappa shape index (κ3) is 2.27. The topological polar surface area (TPSA) is 81.7 Å². The van der Waals surface area contributed by atoms with E-state index in [0.29, 0.717) is 16.8 Å². The van der Waals surface area contributed by atoms with Gasteiger partial charge in [-0.15, -0.1) is 11.3 Å². The molecule has 0 saturated carbocycles. The Morgan fingerprint density at radius 3 is 2.71 bits per heavy atom. The molecular weight excluding hydrogens is 308 g/mol. The van der Waals surface area contributed by atoms with E-state index in [1.807, 2.05) is 13.8 Å². The molecule has 0 aromatic carbocycles. The van der Waals surface area contributed by atoms with Gasteiger partial charge in [-0.2, -0.15) is 10.1 Å². The Kier molecular flexibility index (Phi) is 3.56. The molecule has 0 radical (unpaired) electrons. The van der Waals surface area contributed by atoms with Crippen molar-refractivity contribution in [1.82, 2.24) is 19.7 Å². The predicted octanol–water partition coefficient (Wildman–Crippen LogP) is 3.00. The number of aryl methyl sites for hydroxylation is 2. The van der Waals surface area contributed by atoms with Crippen molar-refractivity contribution < 1.29 is 0 Å². The highest BCUT2D eigenvalue weighted by atomic mass is 35.5. The number of hydrazine groups is 1. The number of nitrogen functional groups attached to an aromatic ring is 1. The lowest BCUT2D eigenvalue weighted by Crippen LogP contribution is -2.13. The maximum Gasteiger partial charge on any atom is 0.240 e. The Morgan fingerprint density at radius 2 is 2.14 bits per heavy atom. The quantitative estimate of drug-likeness (QED) is 0.572. The van der Waals surface area contributed by atoms with Crippen molar-refractivity contribution in [2.45, 2.75) is 27.2 Å². The number of hydrogen-bond acceptors (Lipinski definition) is 6. The standard InChI is InChI=1S/C13H15ClN6S/c1-4-8-5-9-11(16-13(18-15)17-12(9)21-8)20-7(3)10(14)6(2)19-20/h5H,4,15H2,1-3H3,(H,16,17,18). The van der Waals surface area contributed by atoms with Crippen LogP contribution in [0.4, 0.5) is 5.95 Å². The molecule has 0 atom stereocenters. The second-order valence-electron chi connectivity index (χ2n) is 4.70. The average molecular weight is 323 g/mol. The molecule has 0 bridgehead atoms. The Hall–Kier alpha value is -1.70. The summed E-state index contributed by atoms with van der Waals surface area (Å²) in [4.78, 5) is 11.0. The zero-order valence-corrected chi connectivity index (χ0v) is 13.5. The van der Waals surface area contributed by atoms with Gasteiger partial charge in [0.2, 0.25) is 5.95 Å². The van der Waals surface area contributed by atoms with Crippen LogP contribution in [0.5, 0.6) is 0 Å². The smallest absolute Gasteiger partial charge is 0.240 e. The van der Waals surface area contributed by atoms with Crippen molar-refractivity contribution in [3.63, 3.8) is 0 Å². The molecule has 0 aliphatic carbocycles. The van der Waals surface area contributed by atoms with Crippen LogP contribution in [0.25, 0.3) is 16.0 Å². The van der Waals surface area contributed by atoms with Gasteiger partial charge in [-0.25, -0.2) is 15.5 Å². The van der Waals surface area contributed by atoms with Crippen LogP contribution < -0.4 is 11.3 Å². The molecule has 0 spiro atoms. The van der Waals surface area contributed by atoms with Crippen LogP contribution in [-0.4, -0.2) is 19.7 Å². The molecular formula is C13H15ClN6S. The fourth-order valence-electron chi connectivity index (χ4n) is 2.19. The summed E-state index contributed by atoms with van der Waals surface area (Å²) in [5.41, 5.74) is 4.13. The number of thiophene rings is 1. The van der Waals surface area contributed by atoms with E-state index in [4.69, 9.17) is 17.4 Å². The molecule has 0 unspecified atom stereocenters. The number of hydrogen-bond donors (Lipinski definition) is 2. The first-order chi connectivity index (χ1) is 10.0. The van der Waals surface area contributed by atoms with E-state index in [1.54, 1.807) is 16.0 Å². The number of fused-ring (bicyclic) bond motifs is 1. The number of anilines is 1. The van der Waals surface area contributed by atoms with E-state index in [9.17, 15) is 0 Å². The number of nitrogens with zero attached hydrogens (tertiary/aromatic N) is 4. The molecule has 0 saturated heterocycles. The first kappa shape index (κ1) is 14.2. The summed E-state index contributed by atoms with van der Waals surface area (Å²) < 4.78 is 1.74. The third-order valence-corrected chi connectivity index (χ3v) is 5.03. The number of aromatic nitrogens is 4. The van der Waals surface area contributed by atoms with Crippen molar-refractivity contribution in [2.75, 3.05) is 5.43 Å². The molecule has 0 aliphatic heterocycles. The lowest BCUT2D eigenvalue weighted by Gasteiger charge is -2.07. The van der Waals surface area contributed by atoms with E-state index >= 15 is 0 Å². The van der Waals surface area contributed by atoms with Crippen molar-refractivity contribution in [2.24, 2.45) is 5.84 Å². The molecule has 0 amide bonds. The summed E-state index contributed by atoms with van der Waals surface area (Å²) in [6, 6.07) is 2.10. The van der Waals surface area contributed by atoms with Crippen molar-refractivity contribution in [3.05, 3.63) is 27.4 Å². The van der Waals surface area contributed by atoms with E-state index in [-0.39, 0.29) is 0 Å². The molecule has 3 N–H and O–H groups in total. The molecule has 8 heteroatoms. The van der Waals surface area contributed by atoms with Gasteiger partial charge in [0.05, 0.1) is 21.8 Å². The van der Waals surface area contributed by atoms with Crippen LogP contribution in [0.3, 0.4) is 0 Å². The lowest BCUT2D eigenvalue weighted by molar-refractivity contribution is 0.811. The third-order valence-electron chi connectivity index (χ3n) is 3.30. The fourth-order valence-corrected chi connectivity index (χ4v) is 3.27. The lowest BCUT2D eigenvalue weighted by atomic mass is 10.3. The van der Waals surface area contributed by atoms with Gasteiger partial charge >= 0.3 is 0 Å². The summed E-state index contributed by atoms with van der Waals surface area (Å²) in [5.74, 6) is 6.53. The normalized spacial score (nSPS) is 11.3. The molecule has 6 nitrogen and oxygen atoms in total. The van der Waals surface area contributed by atoms with Crippen molar-refractivity contribution in [3.8, 4) is 5.82 Å². The van der Waals surface area contributed by atoms with Gasteiger partial charge in [0.1, 0.15) is 4.83 Å². The van der Waals surface area contributed by atoms with E-state index in [1.165, 1.54) is 4.88 Å². The summed E-state index contributed by atoms with van der Waals surface area (Å²) in [6.07, 6.45) is 0.948. The Balaban J connectivity index is 2.33. The van der Waals surface area contributed by atoms with Crippen LogP contribution in [0, 0.1) is 13.8 Å². The Bertz CT molecular complexity index is 822. The molecule has 3 heterocycles. The summed E-state index contributed by atoms with van der Waals surface area (Å²) in [7, 11) is 0. The maximum atomic E-state index is 6.24. The van der Waals surface area contributed by atoms with Crippen LogP contribution >= 0.6 is 22.9 Å². The van der Waals surface area contributed by atoms with Gasteiger partial charge in [0, 0.05) is 4.88 Å². The highest BCUT2D eigenvalue weighted by molar-refractivity contribution is 7.18. The second-order valence-corrected chi connectivity index (χ2v) is 6.19. The molecule has 0 fully saturated rings. The molecule has 21 heavy (non-hydrogen) atoms. The van der Waals surface area contributed by atoms with Crippen LogP contribution in [0.2, 0.25) is 5.02 Å². The minimum Gasteiger partial charge on any atom is -0.292 e. The van der Waals surface area contributed by atoms with E-state index in [2.05, 4.69) is 33.5 Å². The zero-order valence-electron chi connectivity index (χ0n) is 11.9. The Morgan fingerprint density at radius 1 is 1.38 bits per heavy atom. The van der Waals surface area contributed by atoms with E-state index in [0.717, 1.165) is 28.0 Å². The molecule has 0 aliphatic rings. The molecule has 3 rings (SSSR count).